The zero-order chi connectivity index (χ0) is 20.9. The SMILES string of the molecule is CN(C)Cc1ccccc1Pc1cccc([Si](C)(C)C)c1OCc1ccccc1. The van der Waals surface area contributed by atoms with E-state index in [-0.39, 0.29) is 0 Å². The molecule has 1 atom stereocenters. The van der Waals surface area contributed by atoms with Crippen LogP contribution in [0.2, 0.25) is 19.6 Å². The molecule has 1 unspecified atom stereocenters. The van der Waals surface area contributed by atoms with Crippen LogP contribution in [-0.4, -0.2) is 27.1 Å². The van der Waals surface area contributed by atoms with E-state index < -0.39 is 8.07 Å². The minimum atomic E-state index is -1.53. The van der Waals surface area contributed by atoms with Crippen LogP contribution in [0.5, 0.6) is 5.75 Å². The summed E-state index contributed by atoms with van der Waals surface area (Å²) >= 11 is 0. The van der Waals surface area contributed by atoms with Gasteiger partial charge in [0.1, 0.15) is 12.4 Å². The molecule has 3 aromatic rings. The van der Waals surface area contributed by atoms with E-state index in [0.717, 1.165) is 12.3 Å². The molecule has 0 aromatic heterocycles. The molecule has 0 heterocycles. The van der Waals surface area contributed by atoms with Gasteiger partial charge >= 0.3 is 0 Å². The van der Waals surface area contributed by atoms with Crippen molar-refractivity contribution in [1.29, 1.82) is 0 Å². The molecule has 152 valence electrons. The predicted molar refractivity (Wildman–Crippen MR) is 132 cm³/mol. The van der Waals surface area contributed by atoms with Crippen molar-refractivity contribution in [3.05, 3.63) is 83.9 Å². The van der Waals surface area contributed by atoms with E-state index in [1.165, 1.54) is 26.9 Å². The van der Waals surface area contributed by atoms with Crippen molar-refractivity contribution in [2.24, 2.45) is 0 Å². The lowest BCUT2D eigenvalue weighted by molar-refractivity contribution is 0.311. The Morgan fingerprint density at radius 2 is 1.45 bits per heavy atom. The highest BCUT2D eigenvalue weighted by Gasteiger charge is 2.23. The van der Waals surface area contributed by atoms with Gasteiger partial charge in [-0.15, -0.1) is 0 Å². The molecule has 0 fully saturated rings. The maximum Gasteiger partial charge on any atom is 0.126 e. The van der Waals surface area contributed by atoms with Crippen LogP contribution in [0.15, 0.2) is 72.8 Å². The van der Waals surface area contributed by atoms with Gasteiger partial charge in [0.15, 0.2) is 0 Å². The van der Waals surface area contributed by atoms with Gasteiger partial charge in [0.25, 0.3) is 0 Å². The summed E-state index contributed by atoms with van der Waals surface area (Å²) in [5.41, 5.74) is 2.60. The number of benzene rings is 3. The molecule has 0 saturated carbocycles. The van der Waals surface area contributed by atoms with Crippen molar-refractivity contribution >= 4 is 32.5 Å². The molecular weight excluding hydrogens is 389 g/mol. The van der Waals surface area contributed by atoms with Crippen molar-refractivity contribution < 1.29 is 4.74 Å². The summed E-state index contributed by atoms with van der Waals surface area (Å²) in [5.74, 6) is 1.11. The highest BCUT2D eigenvalue weighted by molar-refractivity contribution is 7.56. The number of hydrogen-bond donors (Lipinski definition) is 0. The molecule has 0 radical (unpaired) electrons. The van der Waals surface area contributed by atoms with Gasteiger partial charge in [0.2, 0.25) is 0 Å². The number of hydrogen-bond acceptors (Lipinski definition) is 2. The molecule has 29 heavy (non-hydrogen) atoms. The highest BCUT2D eigenvalue weighted by Crippen LogP contribution is 2.23. The Kier molecular flexibility index (Phi) is 7.29. The van der Waals surface area contributed by atoms with Crippen LogP contribution in [0.4, 0.5) is 0 Å². The second-order valence-electron chi connectivity index (χ2n) is 8.73. The largest absolute Gasteiger partial charge is 0.488 e. The van der Waals surface area contributed by atoms with E-state index in [1.54, 1.807) is 0 Å². The van der Waals surface area contributed by atoms with Crippen molar-refractivity contribution in [2.75, 3.05) is 14.1 Å². The topological polar surface area (TPSA) is 12.5 Å². The first-order valence-electron chi connectivity index (χ1n) is 10.1. The van der Waals surface area contributed by atoms with Crippen LogP contribution >= 0.6 is 8.58 Å². The molecule has 3 rings (SSSR count). The Hall–Kier alpha value is -1.93. The Morgan fingerprint density at radius 1 is 0.793 bits per heavy atom. The van der Waals surface area contributed by atoms with Crippen LogP contribution in [0.3, 0.4) is 0 Å². The second-order valence-corrected chi connectivity index (χ2v) is 15.1. The molecule has 0 N–H and O–H groups in total. The lowest BCUT2D eigenvalue weighted by Crippen LogP contribution is -2.40. The molecule has 2 nitrogen and oxygen atoms in total. The van der Waals surface area contributed by atoms with Crippen LogP contribution in [0.1, 0.15) is 11.1 Å². The van der Waals surface area contributed by atoms with Crippen molar-refractivity contribution in [3.8, 4) is 5.75 Å². The maximum atomic E-state index is 6.51. The summed E-state index contributed by atoms with van der Waals surface area (Å²) in [7, 11) is 3.30. The molecule has 0 aliphatic heterocycles. The molecule has 0 aliphatic carbocycles. The van der Waals surface area contributed by atoms with E-state index in [9.17, 15) is 0 Å². The number of rotatable bonds is 8. The lowest BCUT2D eigenvalue weighted by atomic mass is 10.2. The first-order valence-corrected chi connectivity index (χ1v) is 14.6. The first kappa shape index (κ1) is 21.8. The smallest absolute Gasteiger partial charge is 0.126 e. The van der Waals surface area contributed by atoms with E-state index in [1.807, 2.05) is 6.07 Å². The van der Waals surface area contributed by atoms with Crippen molar-refractivity contribution in [3.63, 3.8) is 0 Å². The molecule has 0 amide bonds. The summed E-state index contributed by atoms with van der Waals surface area (Å²) in [6.45, 7) is 8.75. The van der Waals surface area contributed by atoms with E-state index >= 15 is 0 Å². The quantitative estimate of drug-likeness (QED) is 0.392. The third kappa shape index (κ3) is 6.02. The van der Waals surface area contributed by atoms with Crippen molar-refractivity contribution in [2.45, 2.75) is 32.8 Å². The second kappa shape index (κ2) is 9.71. The summed E-state index contributed by atoms with van der Waals surface area (Å²) in [6.07, 6.45) is 0. The normalized spacial score (nSPS) is 12.1. The summed E-state index contributed by atoms with van der Waals surface area (Å²) in [6, 6.07) is 26.0. The molecule has 3 aromatic carbocycles. The van der Waals surface area contributed by atoms with Crippen LogP contribution in [-0.2, 0) is 13.2 Å². The first-order chi connectivity index (χ1) is 13.8. The van der Waals surface area contributed by atoms with E-state index in [4.69, 9.17) is 4.74 Å². The van der Waals surface area contributed by atoms with Crippen LogP contribution in [0, 0.1) is 0 Å². The van der Waals surface area contributed by atoms with E-state index in [2.05, 4.69) is 105 Å². The maximum absolute atomic E-state index is 6.51. The van der Waals surface area contributed by atoms with E-state index in [0.29, 0.717) is 15.2 Å². The van der Waals surface area contributed by atoms with Gasteiger partial charge in [-0.25, -0.2) is 0 Å². The van der Waals surface area contributed by atoms with Gasteiger partial charge < -0.3 is 9.64 Å². The van der Waals surface area contributed by atoms with Gasteiger partial charge in [0, 0.05) is 11.8 Å². The fourth-order valence-corrected chi connectivity index (χ4v) is 6.28. The third-order valence-corrected chi connectivity index (χ3v) is 8.25. The van der Waals surface area contributed by atoms with Gasteiger partial charge in [-0.3, -0.25) is 0 Å². The zero-order valence-electron chi connectivity index (χ0n) is 18.2. The molecule has 0 spiro atoms. The van der Waals surface area contributed by atoms with Gasteiger partial charge in [0.05, 0.1) is 8.07 Å². The Bertz CT molecular complexity index is 935. The minimum Gasteiger partial charge on any atom is -0.488 e. The van der Waals surface area contributed by atoms with Gasteiger partial charge in [-0.1, -0.05) is 101 Å². The van der Waals surface area contributed by atoms with Crippen LogP contribution < -0.4 is 20.5 Å². The van der Waals surface area contributed by atoms with Gasteiger partial charge in [-0.05, 0) is 35.7 Å². The fourth-order valence-electron chi connectivity index (χ4n) is 3.38. The zero-order valence-corrected chi connectivity index (χ0v) is 20.2. The predicted octanol–water partition coefficient (Wildman–Crippen LogP) is 4.50. The number of nitrogens with zero attached hydrogens (tertiary/aromatic N) is 1. The molecule has 4 heteroatoms. The Morgan fingerprint density at radius 3 is 2.14 bits per heavy atom. The molecule has 0 saturated heterocycles. The van der Waals surface area contributed by atoms with Crippen molar-refractivity contribution in [1.82, 2.24) is 4.90 Å². The minimum absolute atomic E-state index is 0.587. The summed E-state index contributed by atoms with van der Waals surface area (Å²) < 4.78 is 6.51. The standard InChI is InChI=1S/C25H32NOPSi/c1-26(2)18-21-14-9-10-15-22(21)28-23-16-11-17-24(29(3,4)5)25(23)27-19-20-12-7-6-8-13-20/h6-17,28H,18-19H2,1-5H3. The Labute approximate surface area is 178 Å². The third-order valence-electron chi connectivity index (χ3n) is 4.82. The molecular formula is C25H32NOPSi. The molecule has 0 bridgehead atoms. The summed E-state index contributed by atoms with van der Waals surface area (Å²) in [4.78, 5) is 2.23. The van der Waals surface area contributed by atoms with Crippen LogP contribution in [0.25, 0.3) is 0 Å². The number of para-hydroxylation sites is 1. The average Bonchev–Trinajstić information content (AvgIpc) is 2.68. The average molecular weight is 422 g/mol. The highest BCUT2D eigenvalue weighted by atomic mass is 31.1. The monoisotopic (exact) mass is 421 g/mol. The Balaban J connectivity index is 1.96. The van der Waals surface area contributed by atoms with Gasteiger partial charge in [-0.2, -0.15) is 0 Å². The molecule has 0 aliphatic rings. The lowest BCUT2D eigenvalue weighted by Gasteiger charge is -2.24. The summed E-state index contributed by atoms with van der Waals surface area (Å²) in [5, 5.41) is 4.12. The fraction of sp³-hybridized carbons (Fsp3) is 0.280. The number of ether oxygens (including phenoxy) is 1.